The number of pyridine rings is 1. The van der Waals surface area contributed by atoms with E-state index in [1.54, 1.807) is 18.2 Å². The summed E-state index contributed by atoms with van der Waals surface area (Å²) in [6.45, 7) is 2.32. The number of carbonyl (C=O) groups is 2. The van der Waals surface area contributed by atoms with Crippen molar-refractivity contribution < 1.29 is 22.8 Å². The number of allylic oxidation sites excluding steroid dienone is 1. The molecule has 0 unspecified atom stereocenters. The quantitative estimate of drug-likeness (QED) is 0.185. The lowest BCUT2D eigenvalue weighted by molar-refractivity contribution is -0.110. The number of aromatic nitrogens is 1. The third kappa shape index (κ3) is 7.24. The Balaban J connectivity index is 2.14. The van der Waals surface area contributed by atoms with Crippen molar-refractivity contribution in [3.8, 4) is 0 Å². The minimum absolute atomic E-state index is 0.00647. The second-order valence-electron chi connectivity index (χ2n) is 7.95. The van der Waals surface area contributed by atoms with E-state index in [-0.39, 0.29) is 27.1 Å². The van der Waals surface area contributed by atoms with Gasteiger partial charge in [-0.2, -0.15) is 13.2 Å². The van der Waals surface area contributed by atoms with Crippen LogP contribution in [0.4, 0.5) is 24.7 Å². The molecule has 200 valence electrons. The minimum Gasteiger partial charge on any atom is -0.395 e. The molecule has 0 aliphatic heterocycles. The van der Waals surface area contributed by atoms with Gasteiger partial charge in [-0.15, -0.1) is 0 Å². The Morgan fingerprint density at radius 1 is 1.21 bits per heavy atom. The lowest BCUT2D eigenvalue weighted by atomic mass is 10.0. The molecule has 4 N–H and O–H groups in total. The molecule has 0 radical (unpaired) electrons. The molecule has 2 aromatic carbocycles. The first kappa shape index (κ1) is 29.4. The first-order valence-corrected chi connectivity index (χ1v) is 12.7. The Bertz CT molecular complexity index is 1440. The summed E-state index contributed by atoms with van der Waals surface area (Å²) in [6, 6.07) is 9.52. The van der Waals surface area contributed by atoms with Crippen LogP contribution in [-0.4, -0.2) is 35.2 Å². The van der Waals surface area contributed by atoms with Gasteiger partial charge in [-0.05, 0) is 48.2 Å². The van der Waals surface area contributed by atoms with Gasteiger partial charge in [-0.3, -0.25) is 9.59 Å². The molecular formula is C25H21BrCl2F3N5O2. The predicted molar refractivity (Wildman–Crippen MR) is 147 cm³/mol. The third-order valence-electron chi connectivity index (χ3n) is 5.16. The van der Waals surface area contributed by atoms with E-state index in [1.807, 2.05) is 6.92 Å². The topological polar surface area (TPSA) is 109 Å². The van der Waals surface area contributed by atoms with Gasteiger partial charge in [0.05, 0.1) is 21.3 Å². The number of nitrogens with two attached hydrogens (primary N) is 1. The highest BCUT2D eigenvalue weighted by molar-refractivity contribution is 9.10. The largest absolute Gasteiger partial charge is 0.430 e. The maximum absolute atomic E-state index is 13.3. The van der Waals surface area contributed by atoms with E-state index in [4.69, 9.17) is 28.9 Å². The van der Waals surface area contributed by atoms with E-state index >= 15 is 0 Å². The van der Waals surface area contributed by atoms with Gasteiger partial charge in [0.2, 0.25) is 0 Å². The van der Waals surface area contributed by atoms with Gasteiger partial charge >= 0.3 is 6.18 Å². The summed E-state index contributed by atoms with van der Waals surface area (Å²) in [5, 5.41) is 6.27. The molecule has 0 spiro atoms. The van der Waals surface area contributed by atoms with E-state index in [0.29, 0.717) is 29.8 Å². The Kier molecular flexibility index (Phi) is 9.75. The Morgan fingerprint density at radius 2 is 1.95 bits per heavy atom. The Hall–Kier alpha value is -3.15. The number of nitrogens with zero attached hydrogens (tertiary/aromatic N) is 2. The van der Waals surface area contributed by atoms with Crippen LogP contribution >= 0.6 is 39.1 Å². The summed E-state index contributed by atoms with van der Waals surface area (Å²) in [7, 11) is 0. The predicted octanol–water partition coefficient (Wildman–Crippen LogP) is 6.95. The number of anilines is 1. The fourth-order valence-electron chi connectivity index (χ4n) is 3.24. The average Bonchev–Trinajstić information content (AvgIpc) is 2.85. The molecule has 0 bridgehead atoms. The number of unbranched alkanes of at least 4 members (excludes halogenated alkanes) is 1. The molecule has 38 heavy (non-hydrogen) atoms. The van der Waals surface area contributed by atoms with Gasteiger partial charge < -0.3 is 16.4 Å². The highest BCUT2D eigenvalue weighted by Gasteiger charge is 2.32. The van der Waals surface area contributed by atoms with Crippen molar-refractivity contribution in [1.82, 2.24) is 10.3 Å². The van der Waals surface area contributed by atoms with Crippen LogP contribution in [0.2, 0.25) is 10.0 Å². The Labute approximate surface area is 234 Å². The smallest absolute Gasteiger partial charge is 0.395 e. The van der Waals surface area contributed by atoms with Crippen molar-refractivity contribution in [3.05, 3.63) is 74.4 Å². The zero-order valence-electron chi connectivity index (χ0n) is 19.8. The van der Waals surface area contributed by atoms with Crippen molar-refractivity contribution in [1.29, 1.82) is 0 Å². The summed E-state index contributed by atoms with van der Waals surface area (Å²) in [5.74, 6) is -1.87. The molecule has 1 aromatic heterocycles. The first-order valence-electron chi connectivity index (χ1n) is 11.2. The van der Waals surface area contributed by atoms with Crippen LogP contribution in [0, 0.1) is 0 Å². The normalized spacial score (nSPS) is 12.5. The molecule has 0 fully saturated rings. The molecule has 0 aliphatic carbocycles. The number of benzene rings is 2. The number of hydrogen-bond donors (Lipinski definition) is 3. The number of halogens is 6. The number of amides is 2. The maximum Gasteiger partial charge on any atom is 0.430 e. The van der Waals surface area contributed by atoms with Gasteiger partial charge in [0.1, 0.15) is 11.4 Å². The van der Waals surface area contributed by atoms with Gasteiger partial charge in [0.15, 0.2) is 5.82 Å². The monoisotopic (exact) mass is 629 g/mol. The van der Waals surface area contributed by atoms with Crippen LogP contribution in [0.3, 0.4) is 0 Å². The second kappa shape index (κ2) is 12.6. The lowest BCUT2D eigenvalue weighted by Crippen LogP contribution is -2.29. The van der Waals surface area contributed by atoms with Crippen molar-refractivity contribution in [2.24, 2.45) is 10.7 Å². The molecule has 3 rings (SSSR count). The van der Waals surface area contributed by atoms with E-state index in [1.165, 1.54) is 24.4 Å². The van der Waals surface area contributed by atoms with E-state index in [2.05, 4.69) is 36.5 Å². The average molecular weight is 631 g/mol. The summed E-state index contributed by atoms with van der Waals surface area (Å²) in [5.41, 5.74) is 2.72. The number of fused-ring (bicyclic) bond motifs is 1. The minimum atomic E-state index is -4.94. The highest BCUT2D eigenvalue weighted by Crippen LogP contribution is 2.36. The first-order chi connectivity index (χ1) is 17.9. The van der Waals surface area contributed by atoms with Crippen LogP contribution in [0.5, 0.6) is 0 Å². The van der Waals surface area contributed by atoms with Gasteiger partial charge in [0, 0.05) is 22.6 Å². The van der Waals surface area contributed by atoms with Gasteiger partial charge in [0.25, 0.3) is 11.8 Å². The zero-order valence-corrected chi connectivity index (χ0v) is 22.9. The van der Waals surface area contributed by atoms with Crippen molar-refractivity contribution in [2.45, 2.75) is 25.9 Å². The molecule has 0 saturated carbocycles. The lowest BCUT2D eigenvalue weighted by Gasteiger charge is -2.16. The third-order valence-corrected chi connectivity index (χ3v) is 6.34. The van der Waals surface area contributed by atoms with Crippen molar-refractivity contribution in [3.63, 3.8) is 0 Å². The molecule has 7 nitrogen and oxygen atoms in total. The highest BCUT2D eigenvalue weighted by atomic mass is 79.9. The van der Waals surface area contributed by atoms with E-state index in [9.17, 15) is 22.8 Å². The molecule has 0 atom stereocenters. The van der Waals surface area contributed by atoms with Crippen molar-refractivity contribution in [2.75, 3.05) is 11.9 Å². The van der Waals surface area contributed by atoms with E-state index < -0.39 is 29.4 Å². The Morgan fingerprint density at radius 3 is 2.61 bits per heavy atom. The van der Waals surface area contributed by atoms with Crippen LogP contribution in [-0.2, 0) is 4.79 Å². The number of rotatable bonds is 8. The summed E-state index contributed by atoms with van der Waals surface area (Å²) < 4.78 is 40.3. The molecule has 1 heterocycles. The molecule has 3 aromatic rings. The number of nitrogens with one attached hydrogen (secondary N) is 2. The number of alkyl halides is 3. The summed E-state index contributed by atoms with van der Waals surface area (Å²) in [6.07, 6.45) is -1.74. The summed E-state index contributed by atoms with van der Waals surface area (Å²) >= 11 is 16.0. The number of carbonyl (C=O) groups excluding carboxylic acids is 2. The molecule has 13 heteroatoms. The second-order valence-corrected chi connectivity index (χ2v) is 9.65. The van der Waals surface area contributed by atoms with Crippen LogP contribution < -0.4 is 16.4 Å². The fourth-order valence-corrected chi connectivity index (χ4v) is 4.10. The SMILES string of the molecule is CCCCNC(=O)c1cc2cc(Br)ccc2c(Cl)c1NC(=O)C(C=C(N)C(F)(F)F)=Nc1ncccc1Cl. The standard InChI is InChI=1S/C25H21BrCl2F3N5O2/c1-2-3-8-34-23(37)16-11-13-10-14(26)6-7-15(13)20(28)21(16)36-24(38)18(12-19(32)25(29,30)31)35-22-17(27)5-4-9-33-22/h4-7,9-12H,2-3,8,32H2,1H3,(H,34,37)(H,36,38). The molecule has 0 aliphatic rings. The number of aliphatic imine (C=N–C) groups is 1. The zero-order chi connectivity index (χ0) is 28.0. The summed E-state index contributed by atoms with van der Waals surface area (Å²) in [4.78, 5) is 34.1. The van der Waals surface area contributed by atoms with Gasteiger partial charge in [-0.25, -0.2) is 9.98 Å². The van der Waals surface area contributed by atoms with Crippen LogP contribution in [0.15, 0.2) is 63.8 Å². The maximum atomic E-state index is 13.3. The van der Waals surface area contributed by atoms with Crippen LogP contribution in [0.1, 0.15) is 30.1 Å². The van der Waals surface area contributed by atoms with Crippen molar-refractivity contribution >= 4 is 78.9 Å². The molecular weight excluding hydrogens is 610 g/mol. The molecule has 2 amide bonds. The molecule has 0 saturated heterocycles. The number of hydrogen-bond acceptors (Lipinski definition) is 5. The van der Waals surface area contributed by atoms with Crippen LogP contribution in [0.25, 0.3) is 10.8 Å². The van der Waals surface area contributed by atoms with E-state index in [0.717, 1.165) is 10.9 Å². The fraction of sp³-hybridized carbons (Fsp3) is 0.200. The van der Waals surface area contributed by atoms with Gasteiger partial charge in [-0.1, -0.05) is 58.5 Å².